The average molecular weight is 406 g/mol. The number of sulfone groups is 1. The zero-order valence-electron chi connectivity index (χ0n) is 9.68. The summed E-state index contributed by atoms with van der Waals surface area (Å²) in [5.41, 5.74) is 6.58. The van der Waals surface area contributed by atoms with Gasteiger partial charge in [0, 0.05) is 21.3 Å². The molecular weight excluding hydrogens is 396 g/mol. The minimum Gasteiger partial charge on any atom is -0.398 e. The van der Waals surface area contributed by atoms with E-state index < -0.39 is 9.84 Å². The summed E-state index contributed by atoms with van der Waals surface area (Å²) in [5, 5.41) is 0. The molecule has 7 heteroatoms. The Bertz CT molecular complexity index is 717. The molecule has 100 valence electrons. The molecule has 1 aromatic carbocycles. The second-order valence-electron chi connectivity index (χ2n) is 3.95. The lowest BCUT2D eigenvalue weighted by molar-refractivity contribution is 0.595. The summed E-state index contributed by atoms with van der Waals surface area (Å²) in [6, 6.07) is 6.50. The van der Waals surface area contributed by atoms with Crippen LogP contribution < -0.4 is 5.73 Å². The van der Waals surface area contributed by atoms with E-state index in [1.54, 1.807) is 24.4 Å². The summed E-state index contributed by atoms with van der Waals surface area (Å²) >= 11 is 6.51. The highest BCUT2D eigenvalue weighted by molar-refractivity contribution is 9.10. The van der Waals surface area contributed by atoms with E-state index in [0.717, 1.165) is 4.47 Å². The molecule has 2 aromatic rings. The van der Waals surface area contributed by atoms with Crippen LogP contribution in [0.25, 0.3) is 0 Å². The van der Waals surface area contributed by atoms with Crippen LogP contribution in [-0.2, 0) is 15.6 Å². The molecule has 0 aliphatic heterocycles. The topological polar surface area (TPSA) is 73.1 Å². The lowest BCUT2D eigenvalue weighted by atomic mass is 10.3. The van der Waals surface area contributed by atoms with E-state index in [0.29, 0.717) is 10.0 Å². The van der Waals surface area contributed by atoms with Crippen LogP contribution in [0.15, 0.2) is 50.5 Å². The molecular formula is C12H10Br2N2O2S. The van der Waals surface area contributed by atoms with Gasteiger partial charge in [-0.05, 0) is 45.8 Å². The number of hydrogen-bond acceptors (Lipinski definition) is 4. The number of halogens is 2. The van der Waals surface area contributed by atoms with E-state index in [4.69, 9.17) is 5.73 Å². The highest BCUT2D eigenvalue weighted by atomic mass is 79.9. The molecule has 0 bridgehead atoms. The van der Waals surface area contributed by atoms with Crippen LogP contribution in [0, 0.1) is 0 Å². The van der Waals surface area contributed by atoms with Crippen molar-refractivity contribution in [3.63, 3.8) is 0 Å². The van der Waals surface area contributed by atoms with Gasteiger partial charge in [0.05, 0.1) is 16.3 Å². The maximum absolute atomic E-state index is 12.3. The second kappa shape index (κ2) is 5.60. The predicted molar refractivity (Wildman–Crippen MR) is 81.4 cm³/mol. The molecule has 0 fully saturated rings. The Morgan fingerprint density at radius 2 is 1.84 bits per heavy atom. The van der Waals surface area contributed by atoms with Gasteiger partial charge >= 0.3 is 0 Å². The Kier molecular flexibility index (Phi) is 4.27. The molecule has 0 aliphatic carbocycles. The van der Waals surface area contributed by atoms with Crippen molar-refractivity contribution >= 4 is 47.4 Å². The van der Waals surface area contributed by atoms with Crippen LogP contribution in [0.5, 0.6) is 0 Å². The van der Waals surface area contributed by atoms with Gasteiger partial charge in [0.15, 0.2) is 9.84 Å². The first-order valence-electron chi connectivity index (χ1n) is 5.26. The van der Waals surface area contributed by atoms with E-state index in [1.807, 2.05) is 0 Å². The summed E-state index contributed by atoms with van der Waals surface area (Å²) in [6.45, 7) is 0. The van der Waals surface area contributed by atoms with Crippen molar-refractivity contribution in [3.8, 4) is 0 Å². The predicted octanol–water partition coefficient (Wildman–Crippen LogP) is 3.16. The Morgan fingerprint density at radius 1 is 1.11 bits per heavy atom. The van der Waals surface area contributed by atoms with E-state index in [-0.39, 0.29) is 16.3 Å². The van der Waals surface area contributed by atoms with Gasteiger partial charge in [-0.1, -0.05) is 15.9 Å². The maximum Gasteiger partial charge on any atom is 0.184 e. The number of pyridine rings is 1. The third-order valence-electron chi connectivity index (χ3n) is 2.43. The molecule has 0 atom stereocenters. The minimum atomic E-state index is -3.50. The summed E-state index contributed by atoms with van der Waals surface area (Å²) in [4.78, 5) is 4.08. The molecule has 0 saturated carbocycles. The van der Waals surface area contributed by atoms with Gasteiger partial charge < -0.3 is 5.73 Å². The molecule has 2 N–H and O–H groups in total. The number of benzene rings is 1. The number of nitrogens with zero attached hydrogens (tertiary/aromatic N) is 1. The summed E-state index contributed by atoms with van der Waals surface area (Å²) in [6.07, 6.45) is 3.13. The highest BCUT2D eigenvalue weighted by Crippen LogP contribution is 2.26. The first-order chi connectivity index (χ1) is 8.88. The molecule has 0 spiro atoms. The highest BCUT2D eigenvalue weighted by Gasteiger charge is 2.19. The normalized spacial score (nSPS) is 11.5. The Balaban J connectivity index is 2.40. The molecule has 0 amide bonds. The molecule has 0 saturated heterocycles. The molecule has 1 heterocycles. The zero-order chi connectivity index (χ0) is 14.0. The maximum atomic E-state index is 12.3. The lowest BCUT2D eigenvalue weighted by Crippen LogP contribution is -2.08. The standard InChI is InChI=1S/C12H10Br2N2O2S/c13-9-1-2-11(15)12(4-9)19(17,18)7-8-3-10(14)6-16-5-8/h1-6H,7,15H2. The number of nitrogens with two attached hydrogens (primary N) is 1. The molecule has 0 unspecified atom stereocenters. The van der Waals surface area contributed by atoms with Crippen LogP contribution in [-0.4, -0.2) is 13.4 Å². The van der Waals surface area contributed by atoms with Gasteiger partial charge in [-0.2, -0.15) is 0 Å². The molecule has 1 aromatic heterocycles. The SMILES string of the molecule is Nc1ccc(Br)cc1S(=O)(=O)Cc1cncc(Br)c1. The molecule has 19 heavy (non-hydrogen) atoms. The van der Waals surface area contributed by atoms with Gasteiger partial charge in [0.1, 0.15) is 0 Å². The van der Waals surface area contributed by atoms with Gasteiger partial charge in [0.25, 0.3) is 0 Å². The van der Waals surface area contributed by atoms with Crippen molar-refractivity contribution in [3.05, 3.63) is 51.2 Å². The Hall–Kier alpha value is -0.920. The third-order valence-corrected chi connectivity index (χ3v) is 5.09. The fraction of sp³-hybridized carbons (Fsp3) is 0.0833. The number of anilines is 1. The Morgan fingerprint density at radius 3 is 2.53 bits per heavy atom. The van der Waals surface area contributed by atoms with Crippen molar-refractivity contribution in [1.82, 2.24) is 4.98 Å². The molecule has 4 nitrogen and oxygen atoms in total. The fourth-order valence-corrected chi connectivity index (χ4v) is 4.02. The van der Waals surface area contributed by atoms with E-state index in [1.165, 1.54) is 12.3 Å². The van der Waals surface area contributed by atoms with Gasteiger partial charge in [-0.3, -0.25) is 4.98 Å². The monoisotopic (exact) mass is 404 g/mol. The van der Waals surface area contributed by atoms with Crippen molar-refractivity contribution in [1.29, 1.82) is 0 Å². The lowest BCUT2D eigenvalue weighted by Gasteiger charge is -2.08. The van der Waals surface area contributed by atoms with Crippen LogP contribution in [0.2, 0.25) is 0 Å². The number of aromatic nitrogens is 1. The van der Waals surface area contributed by atoms with Crippen LogP contribution in [0.3, 0.4) is 0 Å². The summed E-state index contributed by atoms with van der Waals surface area (Å²) < 4.78 is 26.1. The average Bonchev–Trinajstić information content (AvgIpc) is 2.31. The van der Waals surface area contributed by atoms with Gasteiger partial charge in [0.2, 0.25) is 0 Å². The largest absolute Gasteiger partial charge is 0.398 e. The van der Waals surface area contributed by atoms with Crippen LogP contribution >= 0.6 is 31.9 Å². The van der Waals surface area contributed by atoms with Crippen molar-refractivity contribution in [2.24, 2.45) is 0 Å². The first-order valence-corrected chi connectivity index (χ1v) is 8.49. The van der Waals surface area contributed by atoms with Crippen LogP contribution in [0.4, 0.5) is 5.69 Å². The minimum absolute atomic E-state index is 0.127. The first kappa shape index (κ1) is 14.5. The fourth-order valence-electron chi connectivity index (χ4n) is 1.61. The summed E-state index contributed by atoms with van der Waals surface area (Å²) in [5.74, 6) is -0.139. The van der Waals surface area contributed by atoms with Crippen molar-refractivity contribution in [2.75, 3.05) is 5.73 Å². The van der Waals surface area contributed by atoms with Gasteiger partial charge in [-0.15, -0.1) is 0 Å². The number of nitrogen functional groups attached to an aromatic ring is 1. The molecule has 2 rings (SSSR count). The Labute approximate surface area is 128 Å². The third kappa shape index (κ3) is 3.55. The number of hydrogen-bond donors (Lipinski definition) is 1. The van der Waals surface area contributed by atoms with Crippen LogP contribution in [0.1, 0.15) is 5.56 Å². The van der Waals surface area contributed by atoms with Crippen molar-refractivity contribution < 1.29 is 8.42 Å². The molecule has 0 radical (unpaired) electrons. The van der Waals surface area contributed by atoms with Gasteiger partial charge in [-0.25, -0.2) is 8.42 Å². The second-order valence-corrected chi connectivity index (χ2v) is 7.74. The summed E-state index contributed by atoms with van der Waals surface area (Å²) in [7, 11) is -3.50. The van der Waals surface area contributed by atoms with E-state index >= 15 is 0 Å². The van der Waals surface area contributed by atoms with E-state index in [9.17, 15) is 8.42 Å². The van der Waals surface area contributed by atoms with E-state index in [2.05, 4.69) is 36.8 Å². The number of rotatable bonds is 3. The zero-order valence-corrected chi connectivity index (χ0v) is 13.7. The van der Waals surface area contributed by atoms with Crippen molar-refractivity contribution in [2.45, 2.75) is 10.6 Å². The molecule has 0 aliphatic rings. The quantitative estimate of drug-likeness (QED) is 0.796. The smallest absolute Gasteiger partial charge is 0.184 e.